The smallest absolute Gasteiger partial charge is 0.330 e. The Balaban J connectivity index is 2.78. The predicted octanol–water partition coefficient (Wildman–Crippen LogP) is 2.57. The number of alkyl halides is 3. The van der Waals surface area contributed by atoms with Crippen molar-refractivity contribution in [1.29, 1.82) is 0 Å². The summed E-state index contributed by atoms with van der Waals surface area (Å²) in [6.07, 6.45) is -1.70. The lowest BCUT2D eigenvalue weighted by molar-refractivity contribution is -0.169. The number of halogens is 3. The first-order valence-corrected chi connectivity index (χ1v) is 6.97. The van der Waals surface area contributed by atoms with Gasteiger partial charge in [-0.05, 0) is 32.2 Å². The molecule has 3 nitrogen and oxygen atoms in total. The molecule has 112 valence electrons. The molecule has 0 radical (unpaired) electrons. The van der Waals surface area contributed by atoms with Crippen molar-refractivity contribution in [2.45, 2.75) is 51.7 Å². The van der Waals surface area contributed by atoms with Crippen molar-refractivity contribution < 1.29 is 18.0 Å². The third-order valence-corrected chi connectivity index (χ3v) is 3.66. The first-order valence-electron chi connectivity index (χ1n) is 6.97. The van der Waals surface area contributed by atoms with Gasteiger partial charge in [-0.3, -0.25) is 4.79 Å². The lowest BCUT2D eigenvalue weighted by Crippen LogP contribution is -2.50. The van der Waals surface area contributed by atoms with Gasteiger partial charge in [0.1, 0.15) is 6.54 Å². The molecule has 1 rings (SSSR count). The van der Waals surface area contributed by atoms with Crippen LogP contribution in [0.5, 0.6) is 0 Å². The molecule has 1 saturated heterocycles. The molecular formula is C13H23F3N2O. The zero-order valence-electron chi connectivity index (χ0n) is 11.6. The molecule has 0 aromatic heterocycles. The Morgan fingerprint density at radius 1 is 1.37 bits per heavy atom. The molecule has 1 unspecified atom stereocenters. The van der Waals surface area contributed by atoms with Crippen LogP contribution < -0.4 is 5.32 Å². The third-order valence-electron chi connectivity index (χ3n) is 3.66. The van der Waals surface area contributed by atoms with Gasteiger partial charge in [-0.15, -0.1) is 0 Å². The predicted molar refractivity (Wildman–Crippen MR) is 67.7 cm³/mol. The van der Waals surface area contributed by atoms with Crippen LogP contribution in [0.3, 0.4) is 0 Å². The Hall–Kier alpha value is -0.780. The molecule has 1 atom stereocenters. The minimum atomic E-state index is -4.33. The van der Waals surface area contributed by atoms with Crippen LogP contribution in [0.2, 0.25) is 0 Å². The number of nitrogens with zero attached hydrogens (tertiary/aromatic N) is 1. The number of carbonyl (C=O) groups excluding carboxylic acids is 1. The van der Waals surface area contributed by atoms with Gasteiger partial charge in [0.25, 0.3) is 0 Å². The molecule has 0 aromatic rings. The monoisotopic (exact) mass is 280 g/mol. The van der Waals surface area contributed by atoms with Crippen LogP contribution in [0.1, 0.15) is 39.5 Å². The Morgan fingerprint density at radius 3 is 2.42 bits per heavy atom. The third kappa shape index (κ3) is 5.01. The van der Waals surface area contributed by atoms with Gasteiger partial charge in [0.05, 0.1) is 5.92 Å². The summed E-state index contributed by atoms with van der Waals surface area (Å²) in [6, 6.07) is -0.323. The van der Waals surface area contributed by atoms with Gasteiger partial charge in [-0.25, -0.2) is 0 Å². The maximum absolute atomic E-state index is 12.7. The van der Waals surface area contributed by atoms with Crippen LogP contribution in [0.4, 0.5) is 13.2 Å². The molecule has 19 heavy (non-hydrogen) atoms. The number of hydrogen-bond donors (Lipinski definition) is 1. The Bertz CT molecular complexity index is 284. The molecule has 1 heterocycles. The number of piperidine rings is 1. The lowest BCUT2D eigenvalue weighted by Gasteiger charge is -2.35. The number of carbonyl (C=O) groups is 1. The highest BCUT2D eigenvalue weighted by molar-refractivity contribution is 5.79. The van der Waals surface area contributed by atoms with Crippen molar-refractivity contribution in [3.63, 3.8) is 0 Å². The van der Waals surface area contributed by atoms with Crippen molar-refractivity contribution in [2.24, 2.45) is 5.92 Å². The van der Waals surface area contributed by atoms with Crippen LogP contribution >= 0.6 is 0 Å². The van der Waals surface area contributed by atoms with Gasteiger partial charge in [-0.1, -0.05) is 13.8 Å². The summed E-state index contributed by atoms with van der Waals surface area (Å²) in [4.78, 5) is 13.4. The Morgan fingerprint density at radius 2 is 2.00 bits per heavy atom. The van der Waals surface area contributed by atoms with E-state index in [9.17, 15) is 18.0 Å². The molecule has 1 aliphatic heterocycles. The molecule has 1 aliphatic rings. The van der Waals surface area contributed by atoms with E-state index in [1.807, 2.05) is 13.8 Å². The van der Waals surface area contributed by atoms with E-state index in [1.165, 1.54) is 0 Å². The molecule has 0 aliphatic carbocycles. The molecule has 1 N–H and O–H groups in total. The summed E-state index contributed by atoms with van der Waals surface area (Å²) >= 11 is 0. The number of amides is 1. The van der Waals surface area contributed by atoms with Gasteiger partial charge in [0.15, 0.2) is 0 Å². The van der Waals surface area contributed by atoms with Crippen molar-refractivity contribution in [3.05, 3.63) is 0 Å². The van der Waals surface area contributed by atoms with Gasteiger partial charge in [0.2, 0.25) is 5.91 Å². The molecule has 0 saturated carbocycles. The fourth-order valence-electron chi connectivity index (χ4n) is 2.61. The highest BCUT2D eigenvalue weighted by Gasteiger charge is 2.38. The minimum absolute atomic E-state index is 0.309. The summed E-state index contributed by atoms with van der Waals surface area (Å²) < 4.78 is 38.0. The van der Waals surface area contributed by atoms with Crippen molar-refractivity contribution >= 4 is 5.91 Å². The minimum Gasteiger partial charge on any atom is -0.330 e. The van der Waals surface area contributed by atoms with Crippen LogP contribution in [-0.2, 0) is 4.79 Å². The molecule has 1 fully saturated rings. The fourth-order valence-corrected chi connectivity index (χ4v) is 2.61. The van der Waals surface area contributed by atoms with Gasteiger partial charge < -0.3 is 10.2 Å². The van der Waals surface area contributed by atoms with E-state index in [2.05, 4.69) is 5.32 Å². The Labute approximate surface area is 112 Å². The SMILES string of the molecule is CCC(CC)N(CC(F)(F)F)C(=O)C1CCCNC1. The second-order valence-electron chi connectivity index (χ2n) is 5.09. The van der Waals surface area contributed by atoms with Gasteiger partial charge in [0, 0.05) is 12.6 Å². The van der Waals surface area contributed by atoms with E-state index < -0.39 is 12.7 Å². The van der Waals surface area contributed by atoms with Crippen molar-refractivity contribution in [1.82, 2.24) is 10.2 Å². The summed E-state index contributed by atoms with van der Waals surface area (Å²) in [5.41, 5.74) is 0. The quantitative estimate of drug-likeness (QED) is 0.839. The molecule has 6 heteroatoms. The summed E-state index contributed by atoms with van der Waals surface area (Å²) in [7, 11) is 0. The first-order chi connectivity index (χ1) is 8.89. The molecule has 0 aromatic carbocycles. The fraction of sp³-hybridized carbons (Fsp3) is 0.923. The van der Waals surface area contributed by atoms with Crippen molar-refractivity contribution in [3.8, 4) is 0 Å². The summed E-state index contributed by atoms with van der Waals surface area (Å²) in [5.74, 6) is -0.657. The molecule has 0 bridgehead atoms. The van der Waals surface area contributed by atoms with Crippen LogP contribution in [0.25, 0.3) is 0 Å². The van der Waals surface area contributed by atoms with E-state index in [0.29, 0.717) is 25.8 Å². The van der Waals surface area contributed by atoms with Crippen LogP contribution in [0, 0.1) is 5.92 Å². The lowest BCUT2D eigenvalue weighted by atomic mass is 9.96. The maximum atomic E-state index is 12.7. The number of hydrogen-bond acceptors (Lipinski definition) is 2. The summed E-state index contributed by atoms with van der Waals surface area (Å²) in [5, 5.41) is 3.08. The first kappa shape index (κ1) is 16.3. The van der Waals surface area contributed by atoms with Crippen molar-refractivity contribution in [2.75, 3.05) is 19.6 Å². The zero-order valence-corrected chi connectivity index (χ0v) is 11.6. The molecular weight excluding hydrogens is 257 g/mol. The average molecular weight is 280 g/mol. The van der Waals surface area contributed by atoms with Crippen LogP contribution in [0.15, 0.2) is 0 Å². The number of nitrogens with one attached hydrogen (secondary N) is 1. The summed E-state index contributed by atoms with van der Waals surface area (Å²) in [6.45, 7) is 3.85. The van der Waals surface area contributed by atoms with E-state index >= 15 is 0 Å². The normalized spacial score (nSPS) is 20.6. The standard InChI is InChI=1S/C13H23F3N2O/c1-3-11(4-2)18(9-13(14,15)16)12(19)10-6-5-7-17-8-10/h10-11,17H,3-9H2,1-2H3. The maximum Gasteiger partial charge on any atom is 0.406 e. The van der Waals surface area contributed by atoms with E-state index in [1.54, 1.807) is 0 Å². The largest absolute Gasteiger partial charge is 0.406 e. The Kier molecular flexibility index (Phi) is 6.10. The van der Waals surface area contributed by atoms with E-state index in [-0.39, 0.29) is 17.9 Å². The van der Waals surface area contributed by atoms with Gasteiger partial charge >= 0.3 is 6.18 Å². The number of rotatable bonds is 5. The highest BCUT2D eigenvalue weighted by Crippen LogP contribution is 2.24. The van der Waals surface area contributed by atoms with E-state index in [4.69, 9.17) is 0 Å². The topological polar surface area (TPSA) is 32.3 Å². The highest BCUT2D eigenvalue weighted by atomic mass is 19.4. The second-order valence-corrected chi connectivity index (χ2v) is 5.09. The average Bonchev–Trinajstić information content (AvgIpc) is 2.38. The molecule has 0 spiro atoms. The second kappa shape index (κ2) is 7.12. The molecule has 1 amide bonds. The zero-order chi connectivity index (χ0) is 14.5. The van der Waals surface area contributed by atoms with Crippen LogP contribution in [-0.4, -0.2) is 42.7 Å². The van der Waals surface area contributed by atoms with E-state index in [0.717, 1.165) is 17.9 Å². The van der Waals surface area contributed by atoms with Gasteiger partial charge in [-0.2, -0.15) is 13.2 Å².